The number of carbonyl (C=O) groups is 1. The average molecular weight is 437 g/mol. The summed E-state index contributed by atoms with van der Waals surface area (Å²) in [4.78, 5) is 22.5. The lowest BCUT2D eigenvalue weighted by molar-refractivity contribution is -0.385. The van der Waals surface area contributed by atoms with Crippen LogP contribution in [0.4, 0.5) is 5.69 Å². The summed E-state index contributed by atoms with van der Waals surface area (Å²) in [6.45, 7) is 3.16. The summed E-state index contributed by atoms with van der Waals surface area (Å²) in [6.07, 6.45) is 3.22. The minimum atomic E-state index is -0.493. The van der Waals surface area contributed by atoms with E-state index in [-0.39, 0.29) is 11.6 Å². The molecule has 0 unspecified atom stereocenters. The molecule has 0 aliphatic heterocycles. The number of hydrogen-bond acceptors (Lipinski definition) is 5. The van der Waals surface area contributed by atoms with Crippen molar-refractivity contribution >= 4 is 34.8 Å². The highest BCUT2D eigenvalue weighted by Gasteiger charge is 2.12. The van der Waals surface area contributed by atoms with Crippen molar-refractivity contribution in [1.29, 1.82) is 0 Å². The van der Waals surface area contributed by atoms with Gasteiger partial charge >= 0.3 is 5.69 Å². The molecule has 2 heterocycles. The summed E-state index contributed by atoms with van der Waals surface area (Å²) >= 11 is 12.1. The Morgan fingerprint density at radius 1 is 1.28 bits per heavy atom. The van der Waals surface area contributed by atoms with Crippen LogP contribution in [0.5, 0.6) is 0 Å². The van der Waals surface area contributed by atoms with Gasteiger partial charge in [0.25, 0.3) is 5.91 Å². The summed E-state index contributed by atoms with van der Waals surface area (Å²) in [5, 5.41) is 22.6. The fourth-order valence-corrected chi connectivity index (χ4v) is 3.09. The van der Waals surface area contributed by atoms with E-state index in [4.69, 9.17) is 23.2 Å². The SMILES string of the molecule is Cc1nn(CCCNC(=O)c2ccc(Cn3cc([N+](=O)[O-])cn3)cc2)c(Cl)c1Cl. The monoisotopic (exact) mass is 436 g/mol. The van der Waals surface area contributed by atoms with E-state index in [1.807, 2.05) is 0 Å². The molecule has 0 aliphatic carbocycles. The molecular formula is C18H18Cl2N6O3. The van der Waals surface area contributed by atoms with Gasteiger partial charge in [-0.1, -0.05) is 35.3 Å². The molecule has 3 aromatic rings. The number of nitrogens with one attached hydrogen (secondary N) is 1. The summed E-state index contributed by atoms with van der Waals surface area (Å²) in [5.74, 6) is -0.188. The first-order valence-electron chi connectivity index (χ1n) is 8.77. The number of benzene rings is 1. The highest BCUT2D eigenvalue weighted by Crippen LogP contribution is 2.24. The van der Waals surface area contributed by atoms with Gasteiger partial charge in [-0.05, 0) is 31.0 Å². The second kappa shape index (κ2) is 9.06. The number of carbonyl (C=O) groups excluding carboxylic acids is 1. The van der Waals surface area contributed by atoms with Crippen molar-refractivity contribution in [2.45, 2.75) is 26.4 Å². The first kappa shape index (κ1) is 20.8. The molecule has 0 spiro atoms. The van der Waals surface area contributed by atoms with Crippen LogP contribution in [0, 0.1) is 17.0 Å². The van der Waals surface area contributed by atoms with Gasteiger partial charge in [-0.25, -0.2) is 0 Å². The third-order valence-electron chi connectivity index (χ3n) is 4.22. The van der Waals surface area contributed by atoms with Crippen LogP contribution < -0.4 is 5.32 Å². The largest absolute Gasteiger partial charge is 0.352 e. The second-order valence-electron chi connectivity index (χ2n) is 6.37. The topological polar surface area (TPSA) is 108 Å². The molecule has 1 N–H and O–H groups in total. The van der Waals surface area contributed by atoms with Crippen LogP contribution in [-0.4, -0.2) is 36.9 Å². The molecule has 0 aliphatic rings. The fourth-order valence-electron chi connectivity index (χ4n) is 2.69. The molecule has 9 nitrogen and oxygen atoms in total. The molecule has 2 aromatic heterocycles. The minimum Gasteiger partial charge on any atom is -0.352 e. The number of halogens is 2. The van der Waals surface area contributed by atoms with Crippen LogP contribution in [0.3, 0.4) is 0 Å². The number of aryl methyl sites for hydroxylation is 2. The first-order valence-corrected chi connectivity index (χ1v) is 9.53. The molecule has 29 heavy (non-hydrogen) atoms. The number of aromatic nitrogens is 4. The molecule has 0 saturated heterocycles. The smallest absolute Gasteiger partial charge is 0.307 e. The van der Waals surface area contributed by atoms with Gasteiger partial charge in [0, 0.05) is 18.7 Å². The van der Waals surface area contributed by atoms with Gasteiger partial charge in [0.15, 0.2) is 0 Å². The van der Waals surface area contributed by atoms with E-state index in [0.29, 0.717) is 47.5 Å². The first-order chi connectivity index (χ1) is 13.8. The van der Waals surface area contributed by atoms with E-state index < -0.39 is 4.92 Å². The third-order valence-corrected chi connectivity index (χ3v) is 5.15. The van der Waals surface area contributed by atoms with Crippen LogP contribution in [0.1, 0.15) is 28.0 Å². The Bertz CT molecular complexity index is 1030. The molecule has 0 fully saturated rings. The molecular weight excluding hydrogens is 419 g/mol. The van der Waals surface area contributed by atoms with Crippen molar-refractivity contribution in [2.24, 2.45) is 0 Å². The Balaban J connectivity index is 1.48. The lowest BCUT2D eigenvalue weighted by Gasteiger charge is -2.07. The maximum atomic E-state index is 12.3. The van der Waals surface area contributed by atoms with Gasteiger partial charge in [0.1, 0.15) is 22.6 Å². The Labute approximate surface area is 176 Å². The molecule has 11 heteroatoms. The van der Waals surface area contributed by atoms with Crippen LogP contribution in [-0.2, 0) is 13.1 Å². The van der Waals surface area contributed by atoms with E-state index in [2.05, 4.69) is 15.5 Å². The van der Waals surface area contributed by atoms with Crippen LogP contribution >= 0.6 is 23.2 Å². The fraction of sp³-hybridized carbons (Fsp3) is 0.278. The Morgan fingerprint density at radius 3 is 2.59 bits per heavy atom. The zero-order chi connectivity index (χ0) is 21.0. The molecule has 0 bridgehead atoms. The van der Waals surface area contributed by atoms with Gasteiger partial charge in [0.05, 0.1) is 17.2 Å². The second-order valence-corrected chi connectivity index (χ2v) is 7.11. The van der Waals surface area contributed by atoms with E-state index >= 15 is 0 Å². The van der Waals surface area contributed by atoms with Crippen molar-refractivity contribution in [3.05, 3.63) is 73.8 Å². The summed E-state index contributed by atoms with van der Waals surface area (Å²) in [5.41, 5.74) is 2.01. The standard InChI is InChI=1S/C18H18Cl2N6O3/c1-12-16(19)17(20)25(23-12)8-2-7-21-18(27)14-5-3-13(4-6-14)10-24-11-15(9-22-24)26(28)29/h3-6,9,11H,2,7-8,10H2,1H3,(H,21,27). The zero-order valence-corrected chi connectivity index (χ0v) is 17.0. The predicted octanol–water partition coefficient (Wildman–Crippen LogP) is 3.47. The zero-order valence-electron chi connectivity index (χ0n) is 15.5. The van der Waals surface area contributed by atoms with E-state index in [1.165, 1.54) is 17.1 Å². The molecule has 0 saturated carbocycles. The average Bonchev–Trinajstić information content (AvgIpc) is 3.26. The number of nitrogens with zero attached hydrogens (tertiary/aromatic N) is 5. The van der Waals surface area contributed by atoms with E-state index in [1.54, 1.807) is 35.9 Å². The van der Waals surface area contributed by atoms with Gasteiger partial charge in [-0.3, -0.25) is 24.3 Å². The maximum absolute atomic E-state index is 12.3. The maximum Gasteiger partial charge on any atom is 0.307 e. The molecule has 3 rings (SSSR count). The Morgan fingerprint density at radius 2 is 2.00 bits per heavy atom. The molecule has 1 amide bonds. The van der Waals surface area contributed by atoms with Crippen molar-refractivity contribution in [3.63, 3.8) is 0 Å². The molecule has 0 atom stereocenters. The van der Waals surface area contributed by atoms with Gasteiger partial charge in [-0.15, -0.1) is 0 Å². The van der Waals surface area contributed by atoms with Crippen molar-refractivity contribution in [3.8, 4) is 0 Å². The quantitative estimate of drug-likeness (QED) is 0.330. The van der Waals surface area contributed by atoms with Gasteiger partial charge < -0.3 is 5.32 Å². The number of amides is 1. The predicted molar refractivity (Wildman–Crippen MR) is 108 cm³/mol. The lowest BCUT2D eigenvalue weighted by Crippen LogP contribution is -2.25. The van der Waals surface area contributed by atoms with Crippen LogP contribution in [0.25, 0.3) is 0 Å². The van der Waals surface area contributed by atoms with E-state index in [0.717, 1.165) is 5.56 Å². The molecule has 0 radical (unpaired) electrons. The van der Waals surface area contributed by atoms with Crippen molar-refractivity contribution in [2.75, 3.05) is 6.54 Å². The third kappa shape index (κ3) is 5.12. The van der Waals surface area contributed by atoms with Gasteiger partial charge in [0.2, 0.25) is 0 Å². The van der Waals surface area contributed by atoms with Gasteiger partial charge in [-0.2, -0.15) is 10.2 Å². The van der Waals surface area contributed by atoms with Crippen LogP contribution in [0.2, 0.25) is 10.2 Å². The highest BCUT2D eigenvalue weighted by molar-refractivity contribution is 6.41. The Kier molecular flexibility index (Phi) is 6.50. The van der Waals surface area contributed by atoms with Crippen LogP contribution in [0.15, 0.2) is 36.7 Å². The Hall–Kier alpha value is -2.91. The normalized spacial score (nSPS) is 10.9. The number of rotatable bonds is 8. The van der Waals surface area contributed by atoms with Crippen molar-refractivity contribution < 1.29 is 9.72 Å². The van der Waals surface area contributed by atoms with E-state index in [9.17, 15) is 14.9 Å². The summed E-state index contributed by atoms with van der Waals surface area (Å²) in [6, 6.07) is 6.99. The summed E-state index contributed by atoms with van der Waals surface area (Å²) < 4.78 is 3.08. The minimum absolute atomic E-state index is 0.0603. The highest BCUT2D eigenvalue weighted by atomic mass is 35.5. The lowest BCUT2D eigenvalue weighted by atomic mass is 10.1. The molecule has 1 aromatic carbocycles. The molecule has 152 valence electrons. The van der Waals surface area contributed by atoms with Crippen molar-refractivity contribution in [1.82, 2.24) is 24.9 Å². The number of nitro groups is 1. The summed E-state index contributed by atoms with van der Waals surface area (Å²) in [7, 11) is 0. The number of hydrogen-bond donors (Lipinski definition) is 1.